The Kier molecular flexibility index (Phi) is 8.83. The summed E-state index contributed by atoms with van der Waals surface area (Å²) in [7, 11) is 3.35. The summed E-state index contributed by atoms with van der Waals surface area (Å²) in [5.74, 6) is 2.74. The number of aryl methyl sites for hydroxylation is 1. The van der Waals surface area contributed by atoms with Crippen LogP contribution in [0, 0.1) is 11.8 Å². The van der Waals surface area contributed by atoms with Gasteiger partial charge in [0, 0.05) is 67.5 Å². The molecule has 2 aliphatic rings. The number of fused-ring (bicyclic) bond motifs is 1. The van der Waals surface area contributed by atoms with Gasteiger partial charge >= 0.3 is 6.09 Å². The summed E-state index contributed by atoms with van der Waals surface area (Å²) in [6.07, 6.45) is 11.0. The molecule has 2 aromatic heterocycles. The van der Waals surface area contributed by atoms with Gasteiger partial charge in [0.2, 0.25) is 0 Å². The number of hydrogen-bond acceptors (Lipinski definition) is 8. The third kappa shape index (κ3) is 7.67. The molecule has 3 heterocycles. The molecule has 0 N–H and O–H groups in total. The molecule has 1 saturated carbocycles. The molecule has 6 rings (SSSR count). The van der Waals surface area contributed by atoms with Crippen molar-refractivity contribution in [1.82, 2.24) is 24.6 Å². The monoisotopic (exact) mass is 612 g/mol. The first-order valence-electron chi connectivity index (χ1n) is 16.0. The lowest BCUT2D eigenvalue weighted by Crippen LogP contribution is -2.41. The van der Waals surface area contributed by atoms with E-state index in [0.717, 1.165) is 90.6 Å². The number of carbonyl (C=O) groups is 1. The smallest absolute Gasteiger partial charge is 0.410 e. The second-order valence-electron chi connectivity index (χ2n) is 13.2. The highest BCUT2D eigenvalue weighted by molar-refractivity contribution is 5.82. The number of rotatable bonds is 10. The maximum Gasteiger partial charge on any atom is 0.410 e. The summed E-state index contributed by atoms with van der Waals surface area (Å²) < 4.78 is 18.7. The number of amides is 1. The lowest BCUT2D eigenvalue weighted by Gasteiger charge is -2.33. The summed E-state index contributed by atoms with van der Waals surface area (Å²) in [4.78, 5) is 26.3. The number of ether oxygens (including phenoxy) is 3. The van der Waals surface area contributed by atoms with Gasteiger partial charge in [0.15, 0.2) is 0 Å². The molecule has 2 fully saturated rings. The Morgan fingerprint density at radius 3 is 2.31 bits per heavy atom. The average molecular weight is 613 g/mol. The van der Waals surface area contributed by atoms with E-state index in [1.807, 2.05) is 54.9 Å². The first-order valence-corrected chi connectivity index (χ1v) is 16.0. The van der Waals surface area contributed by atoms with E-state index < -0.39 is 5.60 Å². The van der Waals surface area contributed by atoms with Gasteiger partial charge in [-0.15, -0.1) is 0 Å². The second kappa shape index (κ2) is 12.9. The molecule has 0 bridgehead atoms. The van der Waals surface area contributed by atoms with Crippen molar-refractivity contribution in [2.45, 2.75) is 65.0 Å². The fraction of sp³-hybridized carbons (Fsp3) is 0.486. The number of nitrogens with zero attached hydrogens (tertiary/aromatic N) is 6. The van der Waals surface area contributed by atoms with Crippen molar-refractivity contribution in [1.29, 1.82) is 0 Å². The minimum atomic E-state index is -0.467. The van der Waals surface area contributed by atoms with Crippen molar-refractivity contribution >= 4 is 28.5 Å². The van der Waals surface area contributed by atoms with Crippen LogP contribution in [0.2, 0.25) is 0 Å². The molecular formula is C35H44N6O4. The van der Waals surface area contributed by atoms with E-state index in [0.29, 0.717) is 11.8 Å². The van der Waals surface area contributed by atoms with Crippen molar-refractivity contribution in [2.75, 3.05) is 38.8 Å². The largest absolute Gasteiger partial charge is 0.497 e. The zero-order chi connectivity index (χ0) is 31.6. The molecular weight excluding hydrogens is 568 g/mol. The van der Waals surface area contributed by atoms with Crippen LogP contribution < -0.4 is 14.4 Å². The Bertz CT molecular complexity index is 1610. The number of carbonyl (C=O) groups excluding carboxylic acids is 1. The van der Waals surface area contributed by atoms with Gasteiger partial charge in [0.05, 0.1) is 43.3 Å². The maximum absolute atomic E-state index is 12.4. The standard InChI is InChI=1S/C35H44N6O4/c1-35(2,3)45-34(42)39-13-10-24(11-14-39)12-15-40-23-26(20-37-40)33-21-36-31-9-8-27(18-32(31)38-33)41(22-25-6-7-25)28-16-29(43-4)19-30(17-28)44-5/h8-9,16-21,23-25H,6-7,10-15,22H2,1-5H3. The van der Waals surface area contributed by atoms with Crippen LogP contribution in [0.4, 0.5) is 16.2 Å². The third-order valence-corrected chi connectivity index (χ3v) is 8.58. The molecule has 0 spiro atoms. The van der Waals surface area contributed by atoms with Gasteiger partial charge in [0.25, 0.3) is 0 Å². The molecule has 45 heavy (non-hydrogen) atoms. The average Bonchev–Trinajstić information content (AvgIpc) is 3.74. The molecule has 0 atom stereocenters. The number of anilines is 2. The molecule has 0 radical (unpaired) electrons. The molecule has 10 heteroatoms. The van der Waals surface area contributed by atoms with Crippen molar-refractivity contribution in [2.24, 2.45) is 11.8 Å². The zero-order valence-corrected chi connectivity index (χ0v) is 27.0. The highest BCUT2D eigenvalue weighted by Gasteiger charge is 2.28. The summed E-state index contributed by atoms with van der Waals surface area (Å²) in [6.45, 7) is 8.93. The molecule has 4 aromatic rings. The molecule has 2 aromatic carbocycles. The highest BCUT2D eigenvalue weighted by Crippen LogP contribution is 2.39. The summed E-state index contributed by atoms with van der Waals surface area (Å²) in [5, 5.41) is 4.63. The Hall–Kier alpha value is -4.34. The van der Waals surface area contributed by atoms with E-state index in [9.17, 15) is 4.79 Å². The van der Waals surface area contributed by atoms with Crippen LogP contribution in [0.25, 0.3) is 22.3 Å². The van der Waals surface area contributed by atoms with E-state index in [1.165, 1.54) is 12.8 Å². The van der Waals surface area contributed by atoms with Crippen LogP contribution in [-0.4, -0.2) is 70.2 Å². The number of aromatic nitrogens is 4. The summed E-state index contributed by atoms with van der Waals surface area (Å²) in [6, 6.07) is 12.3. The van der Waals surface area contributed by atoms with Crippen molar-refractivity contribution in [3.63, 3.8) is 0 Å². The van der Waals surface area contributed by atoms with Gasteiger partial charge in [-0.25, -0.2) is 9.78 Å². The molecule has 1 amide bonds. The topological polar surface area (TPSA) is 94.8 Å². The number of hydrogen-bond donors (Lipinski definition) is 0. The molecule has 1 saturated heterocycles. The van der Waals surface area contributed by atoms with Crippen molar-refractivity contribution < 1.29 is 19.0 Å². The van der Waals surface area contributed by atoms with Crippen LogP contribution in [0.3, 0.4) is 0 Å². The number of benzene rings is 2. The predicted molar refractivity (Wildman–Crippen MR) is 175 cm³/mol. The van der Waals surface area contributed by atoms with Crippen LogP contribution in [0.5, 0.6) is 11.5 Å². The van der Waals surface area contributed by atoms with Gasteiger partial charge in [-0.3, -0.25) is 9.67 Å². The van der Waals surface area contributed by atoms with E-state index in [-0.39, 0.29) is 6.09 Å². The minimum Gasteiger partial charge on any atom is -0.497 e. The molecule has 238 valence electrons. The first-order chi connectivity index (χ1) is 21.7. The number of likely N-dealkylation sites (tertiary alicyclic amines) is 1. The van der Waals surface area contributed by atoms with Crippen LogP contribution >= 0.6 is 0 Å². The Morgan fingerprint density at radius 1 is 0.911 bits per heavy atom. The van der Waals surface area contributed by atoms with Crippen molar-refractivity contribution in [3.8, 4) is 22.8 Å². The lowest BCUT2D eigenvalue weighted by atomic mass is 9.94. The minimum absolute atomic E-state index is 0.211. The fourth-order valence-electron chi connectivity index (χ4n) is 5.84. The van der Waals surface area contributed by atoms with Crippen molar-refractivity contribution in [3.05, 3.63) is 55.0 Å². The van der Waals surface area contributed by atoms with E-state index >= 15 is 0 Å². The lowest BCUT2D eigenvalue weighted by molar-refractivity contribution is 0.0179. The quantitative estimate of drug-likeness (QED) is 0.187. The van der Waals surface area contributed by atoms with E-state index in [4.69, 9.17) is 24.2 Å². The predicted octanol–water partition coefficient (Wildman–Crippen LogP) is 7.10. The maximum atomic E-state index is 12.4. The normalized spacial score (nSPS) is 15.7. The molecule has 1 aliphatic heterocycles. The second-order valence-corrected chi connectivity index (χ2v) is 13.2. The van der Waals surface area contributed by atoms with Gasteiger partial charge in [0.1, 0.15) is 17.1 Å². The number of methoxy groups -OCH3 is 2. The van der Waals surface area contributed by atoms with E-state index in [2.05, 4.69) is 40.5 Å². The molecule has 10 nitrogen and oxygen atoms in total. The molecule has 1 aliphatic carbocycles. The number of piperidine rings is 1. The van der Waals surface area contributed by atoms with Crippen LogP contribution in [0.1, 0.15) is 52.9 Å². The third-order valence-electron chi connectivity index (χ3n) is 8.58. The van der Waals surface area contributed by atoms with Crippen LogP contribution in [-0.2, 0) is 11.3 Å². The fourth-order valence-corrected chi connectivity index (χ4v) is 5.84. The molecule has 0 unspecified atom stereocenters. The highest BCUT2D eigenvalue weighted by atomic mass is 16.6. The first kappa shape index (κ1) is 30.7. The summed E-state index contributed by atoms with van der Waals surface area (Å²) >= 11 is 0. The SMILES string of the molecule is COc1cc(OC)cc(N(CC2CC2)c2ccc3ncc(-c4cnn(CCC5CCN(C(=O)OC(C)(C)C)CC5)c4)nc3c2)c1. The van der Waals surface area contributed by atoms with Crippen LogP contribution in [0.15, 0.2) is 55.0 Å². The van der Waals surface area contributed by atoms with Gasteiger partial charge in [-0.2, -0.15) is 5.10 Å². The Morgan fingerprint density at radius 2 is 1.64 bits per heavy atom. The van der Waals surface area contributed by atoms with Gasteiger partial charge < -0.3 is 24.0 Å². The Balaban J connectivity index is 1.14. The van der Waals surface area contributed by atoms with Gasteiger partial charge in [-0.05, 0) is 82.9 Å². The van der Waals surface area contributed by atoms with Gasteiger partial charge in [-0.1, -0.05) is 0 Å². The zero-order valence-electron chi connectivity index (χ0n) is 27.0. The Labute approximate surface area is 265 Å². The summed E-state index contributed by atoms with van der Waals surface area (Å²) in [5.41, 5.74) is 5.05. The van der Waals surface area contributed by atoms with E-state index in [1.54, 1.807) is 14.2 Å².